The molecule has 5 heteroatoms. The summed E-state index contributed by atoms with van der Waals surface area (Å²) in [4.78, 5) is 8.85. The normalized spacial score (nSPS) is 10.7. The van der Waals surface area contributed by atoms with Crippen LogP contribution in [-0.4, -0.2) is 21.6 Å². The van der Waals surface area contributed by atoms with E-state index >= 15 is 0 Å². The lowest BCUT2D eigenvalue weighted by atomic mass is 10.2. The summed E-state index contributed by atoms with van der Waals surface area (Å²) in [7, 11) is 1.60. The van der Waals surface area contributed by atoms with Gasteiger partial charge >= 0.3 is 0 Å². The molecule has 0 saturated carbocycles. The van der Waals surface area contributed by atoms with Crippen LogP contribution >= 0.6 is 0 Å². The maximum absolute atomic E-state index is 6.19. The number of imidazole rings is 1. The van der Waals surface area contributed by atoms with E-state index in [0.29, 0.717) is 11.7 Å². The first kappa shape index (κ1) is 13.4. The molecule has 0 unspecified atom stereocenters. The number of nitrogen functional groups attached to an aromatic ring is 1. The summed E-state index contributed by atoms with van der Waals surface area (Å²) in [6.07, 6.45) is 3.73. The highest BCUT2D eigenvalue weighted by molar-refractivity contribution is 5.70. The largest absolute Gasteiger partial charge is 0.481 e. The molecule has 102 valence electrons. The minimum absolute atomic E-state index is 0.589. The van der Waals surface area contributed by atoms with E-state index in [1.54, 1.807) is 13.3 Å². The second kappa shape index (κ2) is 5.73. The summed E-state index contributed by atoms with van der Waals surface area (Å²) in [5.41, 5.74) is 7.91. The lowest BCUT2D eigenvalue weighted by Gasteiger charge is -2.05. The van der Waals surface area contributed by atoms with Crippen LogP contribution in [0.4, 0.5) is 5.82 Å². The molecule has 0 atom stereocenters. The first-order valence-electron chi connectivity index (χ1n) is 6.56. The summed E-state index contributed by atoms with van der Waals surface area (Å²) in [5.74, 6) is 2.33. The van der Waals surface area contributed by atoms with Crippen molar-refractivity contribution in [3.8, 4) is 17.1 Å². The van der Waals surface area contributed by atoms with Crippen LogP contribution in [0.5, 0.6) is 5.88 Å². The van der Waals surface area contributed by atoms with Gasteiger partial charge in [0.05, 0.1) is 7.11 Å². The number of hydrogen-bond donors (Lipinski definition) is 1. The number of nitrogens with two attached hydrogens (primary N) is 1. The number of ether oxygens (including phenoxy) is 1. The zero-order chi connectivity index (χ0) is 13.8. The van der Waals surface area contributed by atoms with Crippen molar-refractivity contribution in [1.29, 1.82) is 0 Å². The van der Waals surface area contributed by atoms with Crippen molar-refractivity contribution in [3.05, 3.63) is 24.2 Å². The quantitative estimate of drug-likeness (QED) is 0.897. The smallest absolute Gasteiger partial charge is 0.212 e. The van der Waals surface area contributed by atoms with Crippen LogP contribution < -0.4 is 10.5 Å². The molecule has 0 aliphatic carbocycles. The van der Waals surface area contributed by atoms with Crippen LogP contribution in [0.3, 0.4) is 0 Å². The third-order valence-corrected chi connectivity index (χ3v) is 3.09. The highest BCUT2D eigenvalue weighted by Crippen LogP contribution is 2.27. The average Bonchev–Trinajstić information content (AvgIpc) is 2.75. The predicted octanol–water partition coefficient (Wildman–Crippen LogP) is 2.51. The Bertz CT molecular complexity index is 545. The molecule has 0 aliphatic rings. The van der Waals surface area contributed by atoms with E-state index in [-0.39, 0.29) is 0 Å². The molecule has 0 aliphatic heterocycles. The number of anilines is 1. The summed E-state index contributed by atoms with van der Waals surface area (Å²) in [5, 5.41) is 0. The zero-order valence-electron chi connectivity index (χ0n) is 11.7. The number of aromatic nitrogens is 3. The number of rotatable bonds is 5. The van der Waals surface area contributed by atoms with Gasteiger partial charge in [0, 0.05) is 30.8 Å². The zero-order valence-corrected chi connectivity index (χ0v) is 11.7. The Hall–Kier alpha value is -2.04. The Morgan fingerprint density at radius 2 is 2.11 bits per heavy atom. The molecule has 19 heavy (non-hydrogen) atoms. The van der Waals surface area contributed by atoms with Gasteiger partial charge in [0.1, 0.15) is 17.3 Å². The topological polar surface area (TPSA) is 66.0 Å². The summed E-state index contributed by atoms with van der Waals surface area (Å²) < 4.78 is 7.11. The Morgan fingerprint density at radius 3 is 2.63 bits per heavy atom. The standard InChI is InChI=1S/C14H20N4O/c1-4-6-11-17-13(14(15)18(11)5-2)10-7-8-12(19-3)16-9-10/h7-9H,4-6,15H2,1-3H3. The van der Waals surface area contributed by atoms with Crippen LogP contribution in [0.2, 0.25) is 0 Å². The highest BCUT2D eigenvalue weighted by atomic mass is 16.5. The summed E-state index contributed by atoms with van der Waals surface area (Å²) >= 11 is 0. The highest BCUT2D eigenvalue weighted by Gasteiger charge is 2.14. The molecule has 0 radical (unpaired) electrons. The van der Waals surface area contributed by atoms with Gasteiger partial charge in [-0.2, -0.15) is 0 Å². The molecular formula is C14H20N4O. The minimum Gasteiger partial charge on any atom is -0.481 e. The average molecular weight is 260 g/mol. The third kappa shape index (κ3) is 2.54. The Labute approximate surface area is 113 Å². The van der Waals surface area contributed by atoms with E-state index in [0.717, 1.165) is 36.5 Å². The molecule has 2 heterocycles. The van der Waals surface area contributed by atoms with Gasteiger partial charge in [-0.1, -0.05) is 6.92 Å². The summed E-state index contributed by atoms with van der Waals surface area (Å²) in [6.45, 7) is 5.05. The molecule has 2 rings (SSSR count). The lowest BCUT2D eigenvalue weighted by molar-refractivity contribution is 0.398. The molecule has 0 spiro atoms. The maximum atomic E-state index is 6.19. The molecule has 0 saturated heterocycles. The molecule has 0 bridgehead atoms. The van der Waals surface area contributed by atoms with Crippen LogP contribution in [0.1, 0.15) is 26.1 Å². The number of methoxy groups -OCH3 is 1. The maximum Gasteiger partial charge on any atom is 0.212 e. The van der Waals surface area contributed by atoms with Crippen molar-refractivity contribution in [2.75, 3.05) is 12.8 Å². The van der Waals surface area contributed by atoms with Crippen LogP contribution in [0, 0.1) is 0 Å². The van der Waals surface area contributed by atoms with Gasteiger partial charge in [0.25, 0.3) is 0 Å². The number of aryl methyl sites for hydroxylation is 1. The van der Waals surface area contributed by atoms with Crippen LogP contribution in [0.25, 0.3) is 11.3 Å². The van der Waals surface area contributed by atoms with Gasteiger partial charge in [0.2, 0.25) is 5.88 Å². The van der Waals surface area contributed by atoms with E-state index < -0.39 is 0 Å². The van der Waals surface area contributed by atoms with Crippen molar-refractivity contribution >= 4 is 5.82 Å². The van der Waals surface area contributed by atoms with Crippen LogP contribution in [0.15, 0.2) is 18.3 Å². The molecule has 0 amide bonds. The van der Waals surface area contributed by atoms with Crippen molar-refractivity contribution in [1.82, 2.24) is 14.5 Å². The monoisotopic (exact) mass is 260 g/mol. The molecular weight excluding hydrogens is 240 g/mol. The van der Waals surface area contributed by atoms with E-state index in [1.807, 2.05) is 12.1 Å². The van der Waals surface area contributed by atoms with Crippen molar-refractivity contribution in [3.63, 3.8) is 0 Å². The van der Waals surface area contributed by atoms with E-state index in [4.69, 9.17) is 10.5 Å². The molecule has 5 nitrogen and oxygen atoms in total. The fourth-order valence-corrected chi connectivity index (χ4v) is 2.13. The number of nitrogens with zero attached hydrogens (tertiary/aromatic N) is 3. The molecule has 2 aromatic heterocycles. The van der Waals surface area contributed by atoms with Crippen LogP contribution in [-0.2, 0) is 13.0 Å². The summed E-state index contributed by atoms with van der Waals surface area (Å²) in [6, 6.07) is 3.75. The fraction of sp³-hybridized carbons (Fsp3) is 0.429. The lowest BCUT2D eigenvalue weighted by Crippen LogP contribution is -2.05. The Balaban J connectivity index is 2.43. The molecule has 0 aromatic carbocycles. The fourth-order valence-electron chi connectivity index (χ4n) is 2.13. The molecule has 2 aromatic rings. The number of pyridine rings is 1. The van der Waals surface area contributed by atoms with Crippen molar-refractivity contribution in [2.24, 2.45) is 0 Å². The van der Waals surface area contributed by atoms with E-state index in [9.17, 15) is 0 Å². The number of hydrogen-bond acceptors (Lipinski definition) is 4. The predicted molar refractivity (Wildman–Crippen MR) is 76.1 cm³/mol. The van der Waals surface area contributed by atoms with Crippen molar-refractivity contribution < 1.29 is 4.74 Å². The van der Waals surface area contributed by atoms with Gasteiger partial charge in [0.15, 0.2) is 0 Å². The minimum atomic E-state index is 0.589. The molecule has 2 N–H and O–H groups in total. The van der Waals surface area contributed by atoms with Gasteiger partial charge in [-0.15, -0.1) is 0 Å². The SMILES string of the molecule is CCCc1nc(-c2ccc(OC)nc2)c(N)n1CC. The van der Waals surface area contributed by atoms with Gasteiger partial charge in [-0.05, 0) is 19.4 Å². The Morgan fingerprint density at radius 1 is 1.32 bits per heavy atom. The van der Waals surface area contributed by atoms with E-state index in [2.05, 4.69) is 28.4 Å². The van der Waals surface area contributed by atoms with E-state index in [1.165, 1.54) is 0 Å². The second-order valence-electron chi connectivity index (χ2n) is 4.35. The first-order chi connectivity index (χ1) is 9.21. The first-order valence-corrected chi connectivity index (χ1v) is 6.56. The molecule has 0 fully saturated rings. The Kier molecular flexibility index (Phi) is 4.04. The van der Waals surface area contributed by atoms with Gasteiger partial charge in [-0.3, -0.25) is 0 Å². The van der Waals surface area contributed by atoms with Crippen molar-refractivity contribution in [2.45, 2.75) is 33.2 Å². The van der Waals surface area contributed by atoms with Gasteiger partial charge < -0.3 is 15.0 Å². The third-order valence-electron chi connectivity index (χ3n) is 3.09. The van der Waals surface area contributed by atoms with Gasteiger partial charge in [-0.25, -0.2) is 9.97 Å². The second-order valence-corrected chi connectivity index (χ2v) is 4.35.